The number of nitrogens with two attached hydrogens (primary N) is 1. The van der Waals surface area contributed by atoms with Crippen molar-refractivity contribution < 1.29 is 14.6 Å². The molecule has 1 aliphatic carbocycles. The second-order valence-corrected chi connectivity index (χ2v) is 12.0. The van der Waals surface area contributed by atoms with E-state index in [1.807, 2.05) is 31.2 Å². The predicted molar refractivity (Wildman–Crippen MR) is 155 cm³/mol. The molecular weight excluding hydrogens is 526 g/mol. The van der Waals surface area contributed by atoms with E-state index >= 15 is 0 Å². The molecule has 5 heterocycles. The molecule has 3 aromatic heterocycles. The number of benzene rings is 1. The van der Waals surface area contributed by atoms with E-state index in [2.05, 4.69) is 49.4 Å². The lowest BCUT2D eigenvalue weighted by Gasteiger charge is -2.25. The molecule has 1 aromatic carbocycles. The number of hydrazine groups is 2. The molecule has 40 heavy (non-hydrogen) atoms. The van der Waals surface area contributed by atoms with E-state index in [0.717, 1.165) is 64.4 Å². The fraction of sp³-hybridized carbons (Fsp3) is 0.345. The molecule has 10 nitrogen and oxygen atoms in total. The number of pyridine rings is 2. The van der Waals surface area contributed by atoms with Gasteiger partial charge in [-0.3, -0.25) is 20.1 Å². The molecule has 0 radical (unpaired) electrons. The predicted octanol–water partition coefficient (Wildman–Crippen LogP) is 4.40. The Morgan fingerprint density at radius 1 is 1.30 bits per heavy atom. The third kappa shape index (κ3) is 4.40. The summed E-state index contributed by atoms with van der Waals surface area (Å²) in [6.45, 7) is 4.16. The lowest BCUT2D eigenvalue weighted by atomic mass is 9.85. The Balaban J connectivity index is 1.28. The number of fused-ring (bicyclic) bond motifs is 3. The van der Waals surface area contributed by atoms with E-state index in [0.29, 0.717) is 18.9 Å². The largest absolute Gasteiger partial charge is 0.484 e. The number of rotatable bonds is 6. The van der Waals surface area contributed by atoms with Crippen molar-refractivity contribution in [2.24, 2.45) is 0 Å². The summed E-state index contributed by atoms with van der Waals surface area (Å²) in [7, 11) is 1.89. The first-order valence-electron chi connectivity index (χ1n) is 13.4. The van der Waals surface area contributed by atoms with Crippen molar-refractivity contribution in [1.29, 1.82) is 0 Å². The molecule has 4 aromatic rings. The second kappa shape index (κ2) is 9.33. The third-order valence-electron chi connectivity index (χ3n) is 8.20. The lowest BCUT2D eigenvalue weighted by Crippen LogP contribution is -2.34. The maximum Gasteiger partial charge on any atom is 0.304 e. The van der Waals surface area contributed by atoms with Crippen molar-refractivity contribution >= 4 is 44.7 Å². The SMILES string of the molecule is Cc1c(C(CC(=O)O)c2cc(CN3Cc4nc(N)ccc4OC4(CC4)C3)c3sccc3c2)cnc2c1NNN2C. The third-order valence-corrected chi connectivity index (χ3v) is 9.20. The minimum atomic E-state index is -0.847. The van der Waals surface area contributed by atoms with Gasteiger partial charge in [0, 0.05) is 43.5 Å². The molecule has 3 aliphatic rings. The zero-order chi connectivity index (χ0) is 27.6. The fourth-order valence-corrected chi connectivity index (χ4v) is 6.93. The van der Waals surface area contributed by atoms with Crippen LogP contribution in [0.2, 0.25) is 0 Å². The minimum absolute atomic E-state index is 0.0309. The molecule has 206 valence electrons. The van der Waals surface area contributed by atoms with Crippen LogP contribution in [0.15, 0.2) is 41.9 Å². The number of carbonyl (C=O) groups is 1. The Hall–Kier alpha value is -3.93. The number of thiophene rings is 1. The number of anilines is 3. The van der Waals surface area contributed by atoms with Crippen LogP contribution >= 0.6 is 11.3 Å². The number of nitrogens with one attached hydrogen (secondary N) is 2. The molecule has 11 heteroatoms. The van der Waals surface area contributed by atoms with Gasteiger partial charge in [0.2, 0.25) is 0 Å². The molecule has 0 amide bonds. The Bertz CT molecular complexity index is 1650. The standard InChI is InChI=1S/C29H31N7O3S/c1-16-21(12-31-28-26(16)33-34-35(28)2)20(11-25(37)38)18-9-17-5-8-40-27(17)19(10-18)13-36-14-22-23(3-4-24(30)32-22)39-29(15-36)6-7-29/h3-5,8-10,12,20,33-34H,6-7,11,13-15H2,1-2H3,(H2,30,32)(H,37,38). The van der Waals surface area contributed by atoms with Gasteiger partial charge in [-0.15, -0.1) is 16.9 Å². The van der Waals surface area contributed by atoms with Crippen LogP contribution in [0.3, 0.4) is 0 Å². The maximum atomic E-state index is 12.1. The summed E-state index contributed by atoms with van der Waals surface area (Å²) in [5.74, 6) is 0.897. The lowest BCUT2D eigenvalue weighted by molar-refractivity contribution is -0.137. The van der Waals surface area contributed by atoms with Crippen LogP contribution in [0.1, 0.15) is 53.1 Å². The highest BCUT2D eigenvalue weighted by atomic mass is 32.1. The quantitative estimate of drug-likeness (QED) is 0.271. The van der Waals surface area contributed by atoms with Gasteiger partial charge in [0.1, 0.15) is 17.2 Å². The maximum absolute atomic E-state index is 12.1. The van der Waals surface area contributed by atoms with Crippen molar-refractivity contribution in [2.45, 2.75) is 50.8 Å². The summed E-state index contributed by atoms with van der Waals surface area (Å²) in [6.07, 6.45) is 3.83. The van der Waals surface area contributed by atoms with E-state index < -0.39 is 5.97 Å². The Labute approximate surface area is 235 Å². The van der Waals surface area contributed by atoms with E-state index in [4.69, 9.17) is 10.5 Å². The highest BCUT2D eigenvalue weighted by Gasteiger charge is 2.48. The number of aliphatic carboxylic acids is 1. The van der Waals surface area contributed by atoms with Gasteiger partial charge in [-0.25, -0.2) is 9.97 Å². The van der Waals surface area contributed by atoms with Gasteiger partial charge < -0.3 is 15.6 Å². The van der Waals surface area contributed by atoms with Crippen molar-refractivity contribution in [1.82, 2.24) is 20.4 Å². The molecule has 5 N–H and O–H groups in total. The number of carboxylic acid groups (broad SMARTS) is 1. The molecule has 7 rings (SSSR count). The van der Waals surface area contributed by atoms with Gasteiger partial charge in [-0.1, -0.05) is 6.07 Å². The van der Waals surface area contributed by atoms with Crippen LogP contribution < -0.4 is 26.4 Å². The number of carboxylic acids is 1. The van der Waals surface area contributed by atoms with Gasteiger partial charge in [-0.2, -0.15) is 0 Å². The molecular formula is C29H31N7O3S. The molecule has 1 fully saturated rings. The number of aromatic nitrogens is 2. The van der Waals surface area contributed by atoms with Gasteiger partial charge >= 0.3 is 5.97 Å². The summed E-state index contributed by atoms with van der Waals surface area (Å²) in [4.78, 5) is 23.8. The van der Waals surface area contributed by atoms with E-state index in [9.17, 15) is 9.90 Å². The van der Waals surface area contributed by atoms with Gasteiger partial charge in [0.25, 0.3) is 0 Å². The van der Waals surface area contributed by atoms with Crippen LogP contribution in [0, 0.1) is 6.92 Å². The molecule has 0 bridgehead atoms. The van der Waals surface area contributed by atoms with Crippen molar-refractivity contribution in [3.63, 3.8) is 0 Å². The van der Waals surface area contributed by atoms with E-state index in [1.54, 1.807) is 17.4 Å². The van der Waals surface area contributed by atoms with Gasteiger partial charge in [-0.05, 0) is 77.1 Å². The summed E-state index contributed by atoms with van der Waals surface area (Å²) in [5.41, 5.74) is 17.8. The molecule has 1 saturated carbocycles. The van der Waals surface area contributed by atoms with E-state index in [-0.39, 0.29) is 17.9 Å². The summed E-state index contributed by atoms with van der Waals surface area (Å²) >= 11 is 1.72. The second-order valence-electron chi connectivity index (χ2n) is 11.1. The van der Waals surface area contributed by atoms with E-state index in [1.165, 1.54) is 10.3 Å². The number of hydrogen-bond acceptors (Lipinski definition) is 10. The summed E-state index contributed by atoms with van der Waals surface area (Å²) in [5, 5.41) is 15.0. The van der Waals surface area contributed by atoms with Crippen LogP contribution in [0.5, 0.6) is 5.75 Å². The first kappa shape index (κ1) is 25.1. The zero-order valence-electron chi connectivity index (χ0n) is 22.4. The molecule has 0 saturated heterocycles. The number of nitrogen functional groups attached to an aromatic ring is 1. The summed E-state index contributed by atoms with van der Waals surface area (Å²) in [6, 6.07) is 10.2. The monoisotopic (exact) mass is 557 g/mol. The van der Waals surface area contributed by atoms with Crippen molar-refractivity contribution in [2.75, 3.05) is 29.8 Å². The normalized spacial score (nSPS) is 18.1. The Morgan fingerprint density at radius 3 is 2.95 bits per heavy atom. The first-order chi connectivity index (χ1) is 19.3. The highest BCUT2D eigenvalue weighted by molar-refractivity contribution is 7.17. The number of ether oxygens (including phenoxy) is 1. The minimum Gasteiger partial charge on any atom is -0.484 e. The number of nitrogens with zero attached hydrogens (tertiary/aromatic N) is 4. The van der Waals surface area contributed by atoms with Crippen molar-refractivity contribution in [3.05, 3.63) is 69.9 Å². The van der Waals surface area contributed by atoms with Crippen LogP contribution in [-0.4, -0.2) is 45.1 Å². The Morgan fingerprint density at radius 2 is 2.15 bits per heavy atom. The highest BCUT2D eigenvalue weighted by Crippen LogP contribution is 2.45. The smallest absolute Gasteiger partial charge is 0.304 e. The Kier molecular flexibility index (Phi) is 5.84. The van der Waals surface area contributed by atoms with Gasteiger partial charge in [0.05, 0.1) is 17.8 Å². The zero-order valence-corrected chi connectivity index (χ0v) is 23.2. The van der Waals surface area contributed by atoms with Crippen molar-refractivity contribution in [3.8, 4) is 5.75 Å². The fourth-order valence-electron chi connectivity index (χ4n) is 6.04. The van der Waals surface area contributed by atoms with Crippen LogP contribution in [0.4, 0.5) is 17.3 Å². The summed E-state index contributed by atoms with van der Waals surface area (Å²) < 4.78 is 7.64. The average Bonchev–Trinajstić information content (AvgIpc) is 3.34. The molecule has 2 aliphatic heterocycles. The van der Waals surface area contributed by atoms with Crippen LogP contribution in [-0.2, 0) is 17.9 Å². The average molecular weight is 558 g/mol. The number of hydrogen-bond donors (Lipinski definition) is 4. The molecule has 1 spiro atoms. The molecule has 1 atom stereocenters. The topological polar surface area (TPSA) is 129 Å². The first-order valence-corrected chi connectivity index (χ1v) is 14.3. The molecule has 1 unspecified atom stereocenters. The van der Waals surface area contributed by atoms with Gasteiger partial charge in [0.15, 0.2) is 5.82 Å². The van der Waals surface area contributed by atoms with Crippen LogP contribution in [0.25, 0.3) is 10.1 Å².